The lowest BCUT2D eigenvalue weighted by atomic mass is 10.1. The molecule has 0 fully saturated rings. The number of allylic oxidation sites excluding steroid dienone is 6. The average molecular weight is 220 g/mol. The van der Waals surface area contributed by atoms with Gasteiger partial charge >= 0.3 is 0 Å². The molecule has 0 spiro atoms. The Balaban J connectivity index is 3.95. The van der Waals surface area contributed by atoms with E-state index >= 15 is 0 Å². The molecule has 0 aliphatic heterocycles. The van der Waals surface area contributed by atoms with Crippen LogP contribution in [-0.4, -0.2) is 5.78 Å². The smallest absolute Gasteiger partial charge is 0.155 e. The minimum atomic E-state index is 0.218. The molecule has 0 N–H and O–H groups in total. The van der Waals surface area contributed by atoms with Crippen molar-refractivity contribution in [3.63, 3.8) is 0 Å². The standard InChI is InChI=1S/C15H24O/c1-5-8-15(16)12-7-11-14(4)10-6-9-13(2)3/h7,9,11-12H,5-6,8,10H2,1-4H3. The summed E-state index contributed by atoms with van der Waals surface area (Å²) in [4.78, 5) is 11.2. The quantitative estimate of drug-likeness (QED) is 0.348. The number of hydrogen-bond donors (Lipinski definition) is 0. The first kappa shape index (κ1) is 14.9. The van der Waals surface area contributed by atoms with Gasteiger partial charge in [-0.25, -0.2) is 0 Å². The van der Waals surface area contributed by atoms with Crippen LogP contribution < -0.4 is 0 Å². The van der Waals surface area contributed by atoms with Crippen molar-refractivity contribution in [3.05, 3.63) is 35.5 Å². The Morgan fingerprint density at radius 2 is 1.81 bits per heavy atom. The summed E-state index contributed by atoms with van der Waals surface area (Å²) in [6.07, 6.45) is 11.5. The SMILES string of the molecule is CCCC(=O)C=CC=C(C)CCC=C(C)C. The van der Waals surface area contributed by atoms with Crippen molar-refractivity contribution < 1.29 is 4.79 Å². The van der Waals surface area contributed by atoms with Crippen LogP contribution in [0.3, 0.4) is 0 Å². The van der Waals surface area contributed by atoms with Gasteiger partial charge in [-0.05, 0) is 46.1 Å². The molecule has 1 nitrogen and oxygen atoms in total. The van der Waals surface area contributed by atoms with Crippen molar-refractivity contribution in [2.24, 2.45) is 0 Å². The normalized spacial score (nSPS) is 11.9. The molecule has 0 atom stereocenters. The summed E-state index contributed by atoms with van der Waals surface area (Å²) in [5.74, 6) is 0.218. The summed E-state index contributed by atoms with van der Waals surface area (Å²) >= 11 is 0. The topological polar surface area (TPSA) is 17.1 Å². The zero-order valence-electron chi connectivity index (χ0n) is 11.0. The lowest BCUT2D eigenvalue weighted by Gasteiger charge is -1.96. The number of rotatable bonds is 7. The van der Waals surface area contributed by atoms with Crippen LogP contribution in [0.5, 0.6) is 0 Å². The Kier molecular flexibility index (Phi) is 8.51. The second-order valence-corrected chi connectivity index (χ2v) is 4.41. The maximum atomic E-state index is 11.2. The zero-order valence-corrected chi connectivity index (χ0v) is 11.0. The summed E-state index contributed by atoms with van der Waals surface area (Å²) in [5, 5.41) is 0. The molecule has 0 aliphatic carbocycles. The van der Waals surface area contributed by atoms with Crippen LogP contribution in [0.1, 0.15) is 53.4 Å². The Labute approximate surface area is 99.9 Å². The van der Waals surface area contributed by atoms with Crippen LogP contribution in [-0.2, 0) is 4.79 Å². The summed E-state index contributed by atoms with van der Waals surface area (Å²) in [5.41, 5.74) is 2.68. The molecule has 0 bridgehead atoms. The predicted octanol–water partition coefficient (Wildman–Crippen LogP) is 4.60. The van der Waals surface area contributed by atoms with Gasteiger partial charge in [-0.2, -0.15) is 0 Å². The lowest BCUT2D eigenvalue weighted by molar-refractivity contribution is -0.114. The van der Waals surface area contributed by atoms with Gasteiger partial charge in [0.1, 0.15) is 0 Å². The first-order valence-corrected chi connectivity index (χ1v) is 6.06. The van der Waals surface area contributed by atoms with Crippen LogP contribution in [0.2, 0.25) is 0 Å². The Morgan fingerprint density at radius 1 is 1.12 bits per heavy atom. The third-order valence-corrected chi connectivity index (χ3v) is 2.25. The van der Waals surface area contributed by atoms with Gasteiger partial charge in [-0.15, -0.1) is 0 Å². The van der Waals surface area contributed by atoms with Gasteiger partial charge in [-0.1, -0.05) is 36.3 Å². The van der Waals surface area contributed by atoms with E-state index < -0.39 is 0 Å². The fraction of sp³-hybridized carbons (Fsp3) is 0.533. The maximum absolute atomic E-state index is 11.2. The molecule has 0 aromatic carbocycles. The lowest BCUT2D eigenvalue weighted by Crippen LogP contribution is -1.89. The molecule has 0 aromatic heterocycles. The van der Waals surface area contributed by atoms with Crippen molar-refractivity contribution in [2.75, 3.05) is 0 Å². The highest BCUT2D eigenvalue weighted by Gasteiger charge is 1.91. The number of hydrogen-bond acceptors (Lipinski definition) is 1. The molecule has 0 aromatic rings. The van der Waals surface area contributed by atoms with E-state index in [0.29, 0.717) is 6.42 Å². The van der Waals surface area contributed by atoms with Crippen LogP contribution in [0, 0.1) is 0 Å². The third kappa shape index (κ3) is 9.45. The highest BCUT2D eigenvalue weighted by molar-refractivity contribution is 5.89. The first-order valence-electron chi connectivity index (χ1n) is 6.06. The van der Waals surface area contributed by atoms with E-state index in [-0.39, 0.29) is 5.78 Å². The van der Waals surface area contributed by atoms with Crippen molar-refractivity contribution in [1.29, 1.82) is 0 Å². The minimum absolute atomic E-state index is 0.218. The highest BCUT2D eigenvalue weighted by atomic mass is 16.1. The summed E-state index contributed by atoms with van der Waals surface area (Å²) in [7, 11) is 0. The van der Waals surface area contributed by atoms with E-state index in [1.165, 1.54) is 11.1 Å². The van der Waals surface area contributed by atoms with E-state index in [2.05, 4.69) is 26.8 Å². The molecule has 90 valence electrons. The predicted molar refractivity (Wildman–Crippen MR) is 71.5 cm³/mol. The van der Waals surface area contributed by atoms with Crippen molar-refractivity contribution in [1.82, 2.24) is 0 Å². The molecular weight excluding hydrogens is 196 g/mol. The largest absolute Gasteiger partial charge is 0.295 e. The zero-order chi connectivity index (χ0) is 12.4. The van der Waals surface area contributed by atoms with E-state index in [0.717, 1.165) is 19.3 Å². The molecule has 0 saturated heterocycles. The molecule has 0 heterocycles. The Hall–Kier alpha value is -1.11. The van der Waals surface area contributed by atoms with Crippen molar-refractivity contribution >= 4 is 5.78 Å². The second-order valence-electron chi connectivity index (χ2n) is 4.41. The van der Waals surface area contributed by atoms with Crippen LogP contribution in [0.4, 0.5) is 0 Å². The van der Waals surface area contributed by atoms with Crippen LogP contribution in [0.15, 0.2) is 35.5 Å². The molecule has 0 amide bonds. The van der Waals surface area contributed by atoms with E-state index in [1.807, 2.05) is 19.1 Å². The van der Waals surface area contributed by atoms with Gasteiger partial charge in [0.2, 0.25) is 0 Å². The van der Waals surface area contributed by atoms with Gasteiger partial charge in [0.15, 0.2) is 5.78 Å². The van der Waals surface area contributed by atoms with Gasteiger partial charge < -0.3 is 0 Å². The molecule has 0 radical (unpaired) electrons. The summed E-state index contributed by atoms with van der Waals surface area (Å²) < 4.78 is 0. The highest BCUT2D eigenvalue weighted by Crippen LogP contribution is 2.06. The fourth-order valence-corrected chi connectivity index (χ4v) is 1.32. The first-order chi connectivity index (χ1) is 7.56. The molecule has 16 heavy (non-hydrogen) atoms. The fourth-order valence-electron chi connectivity index (χ4n) is 1.32. The van der Waals surface area contributed by atoms with Gasteiger partial charge in [-0.3, -0.25) is 4.79 Å². The second kappa shape index (κ2) is 9.14. The molecular formula is C15H24O. The Bertz CT molecular complexity index is 289. The van der Waals surface area contributed by atoms with Gasteiger partial charge in [0.25, 0.3) is 0 Å². The maximum Gasteiger partial charge on any atom is 0.155 e. The van der Waals surface area contributed by atoms with E-state index in [1.54, 1.807) is 6.08 Å². The molecule has 1 heteroatoms. The van der Waals surface area contributed by atoms with E-state index in [4.69, 9.17) is 0 Å². The monoisotopic (exact) mass is 220 g/mol. The number of ketones is 1. The average Bonchev–Trinajstić information content (AvgIpc) is 2.17. The van der Waals surface area contributed by atoms with Crippen LogP contribution >= 0.6 is 0 Å². The molecule has 0 unspecified atom stereocenters. The molecule has 0 rings (SSSR count). The van der Waals surface area contributed by atoms with Gasteiger partial charge in [0, 0.05) is 6.42 Å². The molecule has 0 saturated carbocycles. The van der Waals surface area contributed by atoms with E-state index in [9.17, 15) is 4.79 Å². The third-order valence-electron chi connectivity index (χ3n) is 2.25. The van der Waals surface area contributed by atoms with Crippen molar-refractivity contribution in [3.8, 4) is 0 Å². The summed E-state index contributed by atoms with van der Waals surface area (Å²) in [6, 6.07) is 0. The number of carbonyl (C=O) groups is 1. The van der Waals surface area contributed by atoms with Gasteiger partial charge in [0.05, 0.1) is 0 Å². The van der Waals surface area contributed by atoms with Crippen LogP contribution in [0.25, 0.3) is 0 Å². The summed E-state index contributed by atoms with van der Waals surface area (Å²) in [6.45, 7) is 8.35. The minimum Gasteiger partial charge on any atom is -0.295 e. The molecule has 0 aliphatic rings. The van der Waals surface area contributed by atoms with Crippen molar-refractivity contribution in [2.45, 2.75) is 53.4 Å². The number of carbonyl (C=O) groups excluding carboxylic acids is 1. The Morgan fingerprint density at radius 3 is 2.38 bits per heavy atom.